The van der Waals surface area contributed by atoms with E-state index in [-0.39, 0.29) is 11.2 Å². The minimum atomic E-state index is -0.608. The fourth-order valence-electron chi connectivity index (χ4n) is 2.10. The van der Waals surface area contributed by atoms with Crippen molar-refractivity contribution in [3.8, 4) is 16.9 Å². The lowest BCUT2D eigenvalue weighted by atomic mass is 10.1. The number of esters is 1. The largest absolute Gasteiger partial charge is 0.493 e. The summed E-state index contributed by atoms with van der Waals surface area (Å²) in [7, 11) is 1.43. The van der Waals surface area contributed by atoms with E-state index in [2.05, 4.69) is 0 Å². The summed E-state index contributed by atoms with van der Waals surface area (Å²) in [5, 5.41) is 0. The fourth-order valence-corrected chi connectivity index (χ4v) is 2.10. The molecular weight excluding hydrogens is 292 g/mol. The zero-order valence-electron chi connectivity index (χ0n) is 13.8. The third-order valence-electron chi connectivity index (χ3n) is 3.12. The van der Waals surface area contributed by atoms with Gasteiger partial charge in [-0.05, 0) is 44.5 Å². The van der Waals surface area contributed by atoms with Gasteiger partial charge in [0.25, 0.3) is 0 Å². The van der Waals surface area contributed by atoms with Gasteiger partial charge < -0.3 is 9.47 Å². The molecule has 0 saturated heterocycles. The monoisotopic (exact) mass is 312 g/mol. The van der Waals surface area contributed by atoms with Crippen molar-refractivity contribution in [1.82, 2.24) is 0 Å². The van der Waals surface area contributed by atoms with Crippen LogP contribution in [0.25, 0.3) is 11.1 Å². The maximum atomic E-state index is 12.6. The van der Waals surface area contributed by atoms with Crippen LogP contribution in [0.4, 0.5) is 0 Å². The van der Waals surface area contributed by atoms with Gasteiger partial charge in [0.1, 0.15) is 5.60 Å². The minimum absolute atomic E-state index is 0.179. The molecular formula is C19H20O4. The van der Waals surface area contributed by atoms with Gasteiger partial charge in [0, 0.05) is 5.56 Å². The summed E-state index contributed by atoms with van der Waals surface area (Å²) in [6.45, 7) is 5.39. The van der Waals surface area contributed by atoms with Gasteiger partial charge in [-0.3, -0.25) is 4.79 Å². The van der Waals surface area contributed by atoms with Gasteiger partial charge in [-0.2, -0.15) is 0 Å². The normalized spacial score (nSPS) is 11.0. The molecule has 0 atom stereocenters. The van der Waals surface area contributed by atoms with E-state index in [0.717, 1.165) is 5.56 Å². The second-order valence-electron chi connectivity index (χ2n) is 6.11. The van der Waals surface area contributed by atoms with E-state index in [1.165, 1.54) is 13.2 Å². The zero-order chi connectivity index (χ0) is 17.0. The molecule has 2 aromatic rings. The molecule has 0 amide bonds. The van der Waals surface area contributed by atoms with Crippen molar-refractivity contribution in [2.45, 2.75) is 26.4 Å². The van der Waals surface area contributed by atoms with Crippen LogP contribution in [0.3, 0.4) is 0 Å². The van der Waals surface area contributed by atoms with Crippen LogP contribution in [-0.4, -0.2) is 18.7 Å². The SMILES string of the molecule is COc1ccc(C(=O)OC(C)(C)C)cc(-c2ccccc2)c1=O. The molecule has 0 bridgehead atoms. The van der Waals surface area contributed by atoms with Gasteiger partial charge in [0.2, 0.25) is 5.43 Å². The molecule has 0 saturated carbocycles. The average Bonchev–Trinajstić information content (AvgIpc) is 2.65. The van der Waals surface area contributed by atoms with Gasteiger partial charge >= 0.3 is 5.97 Å². The molecule has 0 radical (unpaired) electrons. The van der Waals surface area contributed by atoms with Crippen molar-refractivity contribution < 1.29 is 14.3 Å². The highest BCUT2D eigenvalue weighted by molar-refractivity contribution is 5.91. The van der Waals surface area contributed by atoms with Crippen molar-refractivity contribution in [2.75, 3.05) is 7.11 Å². The lowest BCUT2D eigenvalue weighted by Gasteiger charge is -2.19. The molecule has 2 aromatic carbocycles. The van der Waals surface area contributed by atoms with Crippen molar-refractivity contribution in [1.29, 1.82) is 0 Å². The number of benzene rings is 1. The Morgan fingerprint density at radius 2 is 1.65 bits per heavy atom. The summed E-state index contributed by atoms with van der Waals surface area (Å²) in [5.74, 6) is -0.300. The van der Waals surface area contributed by atoms with Crippen molar-refractivity contribution in [2.24, 2.45) is 0 Å². The van der Waals surface area contributed by atoms with Crippen LogP contribution in [0.2, 0.25) is 0 Å². The Morgan fingerprint density at radius 3 is 2.22 bits per heavy atom. The predicted molar refractivity (Wildman–Crippen MR) is 89.9 cm³/mol. The summed E-state index contributed by atoms with van der Waals surface area (Å²) >= 11 is 0. The highest BCUT2D eigenvalue weighted by Crippen LogP contribution is 2.20. The first-order chi connectivity index (χ1) is 10.8. The minimum Gasteiger partial charge on any atom is -0.493 e. The van der Waals surface area contributed by atoms with E-state index in [1.54, 1.807) is 32.9 Å². The summed E-state index contributed by atoms with van der Waals surface area (Å²) in [5.41, 5.74) is 0.542. The molecule has 0 spiro atoms. The van der Waals surface area contributed by atoms with Crippen molar-refractivity contribution >= 4 is 5.97 Å². The van der Waals surface area contributed by atoms with Gasteiger partial charge in [0.15, 0.2) is 5.75 Å². The molecule has 23 heavy (non-hydrogen) atoms. The van der Waals surface area contributed by atoms with Crippen molar-refractivity contribution in [3.05, 3.63) is 64.3 Å². The zero-order valence-corrected chi connectivity index (χ0v) is 13.8. The summed E-state index contributed by atoms with van der Waals surface area (Å²) in [6.07, 6.45) is 0. The van der Waals surface area contributed by atoms with Gasteiger partial charge in [-0.15, -0.1) is 0 Å². The molecule has 0 aliphatic rings. The quantitative estimate of drug-likeness (QED) is 0.811. The molecule has 120 valence electrons. The van der Waals surface area contributed by atoms with Crippen LogP contribution < -0.4 is 10.2 Å². The van der Waals surface area contributed by atoms with Crippen LogP contribution in [0.5, 0.6) is 5.75 Å². The van der Waals surface area contributed by atoms with Crippen LogP contribution in [0.15, 0.2) is 53.3 Å². The number of rotatable bonds is 3. The van der Waals surface area contributed by atoms with Gasteiger partial charge in [-0.25, -0.2) is 4.79 Å². The third-order valence-corrected chi connectivity index (χ3v) is 3.12. The third kappa shape index (κ3) is 4.19. The summed E-state index contributed by atoms with van der Waals surface area (Å²) < 4.78 is 10.5. The van der Waals surface area contributed by atoms with Gasteiger partial charge in [-0.1, -0.05) is 30.3 Å². The standard InChI is InChI=1S/C19H20O4/c1-19(2,3)23-18(21)14-10-11-16(22-4)17(20)15(12-14)13-8-6-5-7-9-13/h5-12H,1-4H3. The molecule has 0 aliphatic heterocycles. The van der Waals surface area contributed by atoms with Crippen LogP contribution in [-0.2, 0) is 4.74 Å². The Bertz CT molecular complexity index is 758. The molecule has 0 aliphatic carbocycles. The number of carbonyl (C=O) groups excluding carboxylic acids is 1. The Balaban J connectivity index is 2.62. The van der Waals surface area contributed by atoms with Crippen LogP contribution >= 0.6 is 0 Å². The summed E-state index contributed by atoms with van der Waals surface area (Å²) in [6, 6.07) is 13.7. The highest BCUT2D eigenvalue weighted by Gasteiger charge is 2.19. The van der Waals surface area contributed by atoms with E-state index in [4.69, 9.17) is 9.47 Å². The topological polar surface area (TPSA) is 52.6 Å². The molecule has 0 heterocycles. The molecule has 0 fully saturated rings. The number of methoxy groups -OCH3 is 1. The lowest BCUT2D eigenvalue weighted by Crippen LogP contribution is -2.23. The number of hydrogen-bond donors (Lipinski definition) is 0. The number of carbonyl (C=O) groups is 1. The smallest absolute Gasteiger partial charge is 0.338 e. The first-order valence-corrected chi connectivity index (χ1v) is 7.33. The van der Waals surface area contributed by atoms with E-state index in [9.17, 15) is 9.59 Å². The van der Waals surface area contributed by atoms with Crippen LogP contribution in [0, 0.1) is 0 Å². The first kappa shape index (κ1) is 16.7. The van der Waals surface area contributed by atoms with E-state index in [0.29, 0.717) is 11.1 Å². The van der Waals surface area contributed by atoms with E-state index < -0.39 is 11.6 Å². The van der Waals surface area contributed by atoms with Crippen molar-refractivity contribution in [3.63, 3.8) is 0 Å². The second kappa shape index (κ2) is 6.65. The molecule has 2 rings (SSSR count). The molecule has 0 unspecified atom stereocenters. The molecule has 0 aromatic heterocycles. The summed E-state index contributed by atoms with van der Waals surface area (Å²) in [4.78, 5) is 24.9. The Hall–Kier alpha value is -2.62. The first-order valence-electron chi connectivity index (χ1n) is 7.33. The molecule has 4 nitrogen and oxygen atoms in total. The Labute approximate surface area is 135 Å². The Morgan fingerprint density at radius 1 is 1.00 bits per heavy atom. The second-order valence-corrected chi connectivity index (χ2v) is 6.11. The predicted octanol–water partition coefficient (Wildman–Crippen LogP) is 3.68. The maximum absolute atomic E-state index is 12.6. The van der Waals surface area contributed by atoms with Crippen LogP contribution in [0.1, 0.15) is 31.1 Å². The molecule has 4 heteroatoms. The van der Waals surface area contributed by atoms with E-state index >= 15 is 0 Å². The number of hydrogen-bond acceptors (Lipinski definition) is 4. The maximum Gasteiger partial charge on any atom is 0.338 e. The fraction of sp³-hybridized carbons (Fsp3) is 0.263. The lowest BCUT2D eigenvalue weighted by molar-refractivity contribution is 0.00697. The number of ether oxygens (including phenoxy) is 2. The van der Waals surface area contributed by atoms with Gasteiger partial charge in [0.05, 0.1) is 12.7 Å². The Kier molecular flexibility index (Phi) is 4.84. The average molecular weight is 312 g/mol. The molecule has 0 N–H and O–H groups in total. The highest BCUT2D eigenvalue weighted by atomic mass is 16.6. The van der Waals surface area contributed by atoms with E-state index in [1.807, 2.05) is 30.3 Å².